The molecule has 0 saturated carbocycles. The van der Waals surface area contributed by atoms with Crippen molar-refractivity contribution in [3.8, 4) is 0 Å². The van der Waals surface area contributed by atoms with Crippen LogP contribution in [-0.4, -0.2) is 31.7 Å². The average Bonchev–Trinajstić information content (AvgIpc) is 2.53. The van der Waals surface area contributed by atoms with Crippen LogP contribution in [0.4, 0.5) is 11.4 Å². The number of primary amides is 1. The summed E-state index contributed by atoms with van der Waals surface area (Å²) in [6.07, 6.45) is 1.11. The van der Waals surface area contributed by atoms with Crippen molar-refractivity contribution in [1.29, 1.82) is 0 Å². The molecule has 1 aliphatic rings. The van der Waals surface area contributed by atoms with Gasteiger partial charge < -0.3 is 21.1 Å². The number of benzene rings is 1. The van der Waals surface area contributed by atoms with Gasteiger partial charge in [-0.1, -0.05) is 6.07 Å². The van der Waals surface area contributed by atoms with Crippen molar-refractivity contribution in [2.75, 3.05) is 30.3 Å². The molecule has 4 N–H and O–H groups in total. The number of nitrogens with zero attached hydrogens (tertiary/aromatic N) is 1. The topological polar surface area (TPSA) is 81.6 Å². The van der Waals surface area contributed by atoms with E-state index in [9.17, 15) is 4.79 Å². The predicted octanol–water partition coefficient (Wildman–Crippen LogP) is 0.983. The summed E-state index contributed by atoms with van der Waals surface area (Å²) in [6, 6.07) is 5.38. The van der Waals surface area contributed by atoms with E-state index in [1.165, 1.54) is 0 Å². The van der Waals surface area contributed by atoms with Gasteiger partial charge in [0.15, 0.2) is 0 Å². The highest BCUT2D eigenvalue weighted by Gasteiger charge is 2.19. The summed E-state index contributed by atoms with van der Waals surface area (Å²) in [5.41, 5.74) is 13.0. The number of hydrogen-bond acceptors (Lipinski definition) is 4. The maximum atomic E-state index is 11.3. The van der Waals surface area contributed by atoms with Crippen LogP contribution in [0.1, 0.15) is 23.7 Å². The summed E-state index contributed by atoms with van der Waals surface area (Å²) >= 11 is 0. The molecule has 1 unspecified atom stereocenters. The minimum absolute atomic E-state index is 0.157. The number of hydrogen-bond donors (Lipinski definition) is 2. The molecule has 2 rings (SSSR count). The maximum Gasteiger partial charge on any atom is 0.250 e. The van der Waals surface area contributed by atoms with Crippen molar-refractivity contribution in [2.24, 2.45) is 5.73 Å². The van der Waals surface area contributed by atoms with Gasteiger partial charge >= 0.3 is 0 Å². The summed E-state index contributed by atoms with van der Waals surface area (Å²) in [4.78, 5) is 13.4. The van der Waals surface area contributed by atoms with Crippen molar-refractivity contribution in [2.45, 2.75) is 19.4 Å². The van der Waals surface area contributed by atoms with E-state index in [0.717, 1.165) is 31.8 Å². The second kappa shape index (κ2) is 5.27. The first-order chi connectivity index (χ1) is 8.59. The highest BCUT2D eigenvalue weighted by Crippen LogP contribution is 2.27. The number of rotatable bonds is 2. The van der Waals surface area contributed by atoms with Gasteiger partial charge in [-0.05, 0) is 25.5 Å². The maximum absolute atomic E-state index is 11.3. The van der Waals surface area contributed by atoms with Gasteiger partial charge in [0.1, 0.15) is 0 Å². The van der Waals surface area contributed by atoms with Crippen LogP contribution in [0.25, 0.3) is 0 Å². The molecule has 1 fully saturated rings. The minimum atomic E-state index is -0.492. The van der Waals surface area contributed by atoms with Gasteiger partial charge in [-0.3, -0.25) is 4.79 Å². The number of nitrogen functional groups attached to an aromatic ring is 1. The summed E-state index contributed by atoms with van der Waals surface area (Å²) in [6.45, 7) is 4.43. The van der Waals surface area contributed by atoms with Crippen LogP contribution in [0.3, 0.4) is 0 Å². The van der Waals surface area contributed by atoms with Crippen LogP contribution in [0.15, 0.2) is 18.2 Å². The van der Waals surface area contributed by atoms with Crippen LogP contribution in [0.2, 0.25) is 0 Å². The zero-order chi connectivity index (χ0) is 13.1. The SMILES string of the molecule is CC1CN(c2cccc(C(N)=O)c2N)CCCO1. The van der Waals surface area contributed by atoms with Crippen LogP contribution in [0.5, 0.6) is 0 Å². The Hall–Kier alpha value is -1.75. The molecule has 1 aliphatic heterocycles. The number of nitrogens with two attached hydrogens (primary N) is 2. The van der Waals surface area contributed by atoms with Crippen molar-refractivity contribution >= 4 is 17.3 Å². The molecule has 0 radical (unpaired) electrons. The normalized spacial score (nSPS) is 20.5. The Balaban J connectivity index is 2.32. The van der Waals surface area contributed by atoms with Gasteiger partial charge in [0, 0.05) is 19.7 Å². The van der Waals surface area contributed by atoms with Crippen LogP contribution in [-0.2, 0) is 4.74 Å². The van der Waals surface area contributed by atoms with E-state index in [1.807, 2.05) is 19.1 Å². The molecule has 0 aliphatic carbocycles. The van der Waals surface area contributed by atoms with Crippen LogP contribution >= 0.6 is 0 Å². The largest absolute Gasteiger partial charge is 0.396 e. The monoisotopic (exact) mass is 249 g/mol. The van der Waals surface area contributed by atoms with Gasteiger partial charge in [0.25, 0.3) is 5.91 Å². The molecule has 1 amide bonds. The number of para-hydroxylation sites is 1. The second-order valence-corrected chi connectivity index (χ2v) is 4.58. The Labute approximate surface area is 107 Å². The Morgan fingerprint density at radius 3 is 3.00 bits per heavy atom. The molecule has 18 heavy (non-hydrogen) atoms. The van der Waals surface area contributed by atoms with Crippen LogP contribution in [0, 0.1) is 0 Å². The molecule has 0 bridgehead atoms. The molecule has 1 aromatic rings. The van der Waals surface area contributed by atoms with Crippen molar-refractivity contribution in [3.05, 3.63) is 23.8 Å². The molecule has 98 valence electrons. The fraction of sp³-hybridized carbons (Fsp3) is 0.462. The number of amides is 1. The fourth-order valence-electron chi connectivity index (χ4n) is 2.26. The Kier molecular flexibility index (Phi) is 3.72. The molecule has 0 spiro atoms. The summed E-state index contributed by atoms with van der Waals surface area (Å²) in [5, 5.41) is 0. The molecule has 1 atom stereocenters. The lowest BCUT2D eigenvalue weighted by Gasteiger charge is -2.26. The number of anilines is 2. The number of carbonyl (C=O) groups is 1. The fourth-order valence-corrected chi connectivity index (χ4v) is 2.26. The molecule has 0 aromatic heterocycles. The molecule has 1 heterocycles. The quantitative estimate of drug-likeness (QED) is 0.766. The number of carbonyl (C=O) groups excluding carboxylic acids is 1. The van der Waals surface area contributed by atoms with Crippen molar-refractivity contribution in [1.82, 2.24) is 0 Å². The average molecular weight is 249 g/mol. The van der Waals surface area contributed by atoms with Gasteiger partial charge in [-0.25, -0.2) is 0 Å². The second-order valence-electron chi connectivity index (χ2n) is 4.58. The van der Waals surface area contributed by atoms with E-state index < -0.39 is 5.91 Å². The Morgan fingerprint density at radius 2 is 2.28 bits per heavy atom. The third kappa shape index (κ3) is 2.56. The lowest BCUT2D eigenvalue weighted by molar-refractivity contribution is 0.0821. The molecule has 5 heteroatoms. The van der Waals surface area contributed by atoms with E-state index in [4.69, 9.17) is 16.2 Å². The number of ether oxygens (including phenoxy) is 1. The van der Waals surface area contributed by atoms with Gasteiger partial charge in [-0.2, -0.15) is 0 Å². The third-order valence-corrected chi connectivity index (χ3v) is 3.14. The Morgan fingerprint density at radius 1 is 1.50 bits per heavy atom. The highest BCUT2D eigenvalue weighted by molar-refractivity contribution is 6.00. The zero-order valence-corrected chi connectivity index (χ0v) is 10.6. The highest BCUT2D eigenvalue weighted by atomic mass is 16.5. The molecular formula is C13H19N3O2. The molecule has 5 nitrogen and oxygen atoms in total. The summed E-state index contributed by atoms with van der Waals surface area (Å²) in [5.74, 6) is -0.492. The first-order valence-corrected chi connectivity index (χ1v) is 6.14. The van der Waals surface area contributed by atoms with Gasteiger partial charge in [-0.15, -0.1) is 0 Å². The van der Waals surface area contributed by atoms with E-state index in [1.54, 1.807) is 6.07 Å². The van der Waals surface area contributed by atoms with E-state index in [0.29, 0.717) is 11.3 Å². The first-order valence-electron chi connectivity index (χ1n) is 6.14. The van der Waals surface area contributed by atoms with Crippen LogP contribution < -0.4 is 16.4 Å². The standard InChI is InChI=1S/C13H19N3O2/c1-9-8-16(6-3-7-18-9)11-5-2-4-10(12(11)14)13(15)17/h2,4-5,9H,3,6-8,14H2,1H3,(H2,15,17). The van der Waals surface area contributed by atoms with Crippen molar-refractivity contribution < 1.29 is 9.53 Å². The smallest absolute Gasteiger partial charge is 0.250 e. The predicted molar refractivity (Wildman–Crippen MR) is 71.6 cm³/mol. The van der Waals surface area contributed by atoms with Crippen molar-refractivity contribution in [3.63, 3.8) is 0 Å². The molecule has 1 aromatic carbocycles. The summed E-state index contributed by atoms with van der Waals surface area (Å²) < 4.78 is 5.60. The molecular weight excluding hydrogens is 230 g/mol. The lowest BCUT2D eigenvalue weighted by Crippen LogP contribution is -2.31. The van der Waals surface area contributed by atoms with Gasteiger partial charge in [0.05, 0.1) is 23.0 Å². The Bertz CT molecular complexity index is 448. The first kappa shape index (κ1) is 12.7. The summed E-state index contributed by atoms with van der Waals surface area (Å²) in [7, 11) is 0. The van der Waals surface area contributed by atoms with E-state index >= 15 is 0 Å². The van der Waals surface area contributed by atoms with Gasteiger partial charge in [0.2, 0.25) is 0 Å². The van der Waals surface area contributed by atoms with E-state index in [2.05, 4.69) is 4.90 Å². The minimum Gasteiger partial charge on any atom is -0.396 e. The molecule has 1 saturated heterocycles. The zero-order valence-electron chi connectivity index (χ0n) is 10.6. The third-order valence-electron chi connectivity index (χ3n) is 3.14. The van der Waals surface area contributed by atoms with E-state index in [-0.39, 0.29) is 6.10 Å². The lowest BCUT2D eigenvalue weighted by atomic mass is 10.1.